The molecule has 0 radical (unpaired) electrons. The van der Waals surface area contributed by atoms with E-state index in [1.807, 2.05) is 0 Å². The topological polar surface area (TPSA) is 82.6 Å². The van der Waals surface area contributed by atoms with E-state index < -0.39 is 11.7 Å². The Labute approximate surface area is 182 Å². The number of alkyl halides is 3. The molecule has 32 heavy (non-hydrogen) atoms. The van der Waals surface area contributed by atoms with Crippen molar-refractivity contribution in [2.24, 2.45) is 0 Å². The Morgan fingerprint density at radius 1 is 1.03 bits per heavy atom. The first kappa shape index (κ1) is 19.9. The zero-order valence-electron chi connectivity index (χ0n) is 17.7. The van der Waals surface area contributed by atoms with Crippen molar-refractivity contribution in [3.05, 3.63) is 28.8 Å². The minimum absolute atomic E-state index is 0.179. The molecule has 1 saturated heterocycles. The van der Waals surface area contributed by atoms with Crippen LogP contribution in [0.15, 0.2) is 12.1 Å². The Hall–Kier alpha value is -2.75. The highest BCUT2D eigenvalue weighted by Crippen LogP contribution is 2.57. The van der Waals surface area contributed by atoms with Crippen LogP contribution in [0.4, 0.5) is 19.0 Å². The van der Waals surface area contributed by atoms with Gasteiger partial charge in [-0.2, -0.15) is 28.6 Å². The molecule has 2 N–H and O–H groups in total. The second-order valence-corrected chi connectivity index (χ2v) is 9.36. The van der Waals surface area contributed by atoms with Crippen LogP contribution >= 0.6 is 0 Å². The zero-order valence-corrected chi connectivity index (χ0v) is 17.7. The first-order chi connectivity index (χ1) is 15.4. The second kappa shape index (κ2) is 7.13. The Balaban J connectivity index is 1.46. The first-order valence-electron chi connectivity index (χ1n) is 11.2. The molecular weight excluding hydrogens is 419 g/mol. The van der Waals surface area contributed by atoms with Gasteiger partial charge in [-0.1, -0.05) is 0 Å². The minimum Gasteiger partial charge on any atom is -0.364 e. The van der Waals surface area contributed by atoms with E-state index in [1.165, 1.54) is 11.6 Å². The number of H-pyrrole nitrogens is 1. The summed E-state index contributed by atoms with van der Waals surface area (Å²) in [6, 6.07) is 2.86. The molecule has 2 aliphatic carbocycles. The summed E-state index contributed by atoms with van der Waals surface area (Å²) in [6.07, 6.45) is 0.983. The molecule has 0 spiro atoms. The number of fused-ring (bicyclic) bond motifs is 6. The molecule has 3 atom stereocenters. The Kier molecular flexibility index (Phi) is 4.43. The quantitative estimate of drug-likeness (QED) is 0.628. The molecule has 2 aromatic heterocycles. The van der Waals surface area contributed by atoms with Gasteiger partial charge in [0.05, 0.1) is 11.3 Å². The number of anilines is 1. The summed E-state index contributed by atoms with van der Waals surface area (Å²) in [6.45, 7) is 2.07. The van der Waals surface area contributed by atoms with Gasteiger partial charge in [-0.3, -0.25) is 0 Å². The number of halogens is 3. The lowest BCUT2D eigenvalue weighted by Crippen LogP contribution is -2.40. The predicted octanol–water partition coefficient (Wildman–Crippen LogP) is 4.30. The highest BCUT2D eigenvalue weighted by atomic mass is 19.4. The average molecular weight is 443 g/mol. The maximum absolute atomic E-state index is 13.5. The van der Waals surface area contributed by atoms with Crippen LogP contribution in [0.3, 0.4) is 0 Å². The van der Waals surface area contributed by atoms with E-state index in [0.29, 0.717) is 29.1 Å². The molecule has 168 valence electrons. The minimum atomic E-state index is -4.50. The van der Waals surface area contributed by atoms with Crippen LogP contribution in [-0.4, -0.2) is 56.7 Å². The summed E-state index contributed by atoms with van der Waals surface area (Å²) in [7, 11) is 2.13. The molecule has 3 aromatic rings. The third-order valence-corrected chi connectivity index (χ3v) is 7.30. The van der Waals surface area contributed by atoms with Crippen LogP contribution in [0.2, 0.25) is 0 Å². The molecule has 7 nitrogen and oxygen atoms in total. The fourth-order valence-corrected chi connectivity index (χ4v) is 5.93. The van der Waals surface area contributed by atoms with Gasteiger partial charge >= 0.3 is 6.18 Å². The van der Waals surface area contributed by atoms with Crippen molar-refractivity contribution in [3.8, 4) is 11.3 Å². The summed E-state index contributed by atoms with van der Waals surface area (Å²) in [5, 5.41) is 23.0. The van der Waals surface area contributed by atoms with Gasteiger partial charge in [0.15, 0.2) is 5.82 Å². The molecule has 3 aliphatic rings. The highest BCUT2D eigenvalue weighted by molar-refractivity contribution is 5.94. The summed E-state index contributed by atoms with van der Waals surface area (Å²) >= 11 is 0. The van der Waals surface area contributed by atoms with Crippen molar-refractivity contribution in [3.63, 3.8) is 0 Å². The molecule has 1 aliphatic heterocycles. The molecule has 2 unspecified atom stereocenters. The normalized spacial score (nSPS) is 25.4. The third kappa shape index (κ3) is 3.07. The van der Waals surface area contributed by atoms with Gasteiger partial charge in [-0.05, 0) is 75.2 Å². The molecule has 6 rings (SSSR count). The summed E-state index contributed by atoms with van der Waals surface area (Å²) in [4.78, 5) is 2.32. The molecule has 1 aromatic carbocycles. The standard InChI is InChI=1S/C22H24F3N7/c1-32-8-2-3-13(10-32)26-21-17-12-5-4-11(9-12)16(17)18(27-30-21)14-6-7-15(22(23,24)25)20-19(14)28-31-29-20/h6-7,11-13H,2-5,8-10H2,1H3,(H,26,30)(H,28,29,31)/t11?,12?,13-/m1/s1. The molecule has 1 saturated carbocycles. The van der Waals surface area contributed by atoms with E-state index in [0.717, 1.165) is 62.6 Å². The third-order valence-electron chi connectivity index (χ3n) is 7.30. The van der Waals surface area contributed by atoms with Gasteiger partial charge in [0.2, 0.25) is 0 Å². The molecule has 2 fully saturated rings. The fraction of sp³-hybridized carbons (Fsp3) is 0.545. The van der Waals surface area contributed by atoms with E-state index in [9.17, 15) is 13.2 Å². The molecule has 10 heteroatoms. The number of likely N-dealkylation sites (tertiary alicyclic amines) is 1. The van der Waals surface area contributed by atoms with E-state index in [4.69, 9.17) is 0 Å². The van der Waals surface area contributed by atoms with E-state index in [1.54, 1.807) is 0 Å². The van der Waals surface area contributed by atoms with Crippen molar-refractivity contribution in [1.29, 1.82) is 0 Å². The average Bonchev–Trinajstić information content (AvgIpc) is 3.49. The number of nitrogens with zero attached hydrogens (tertiary/aromatic N) is 5. The van der Waals surface area contributed by atoms with Gasteiger partial charge in [0.1, 0.15) is 11.0 Å². The zero-order chi connectivity index (χ0) is 22.0. The van der Waals surface area contributed by atoms with Crippen molar-refractivity contribution in [1.82, 2.24) is 30.5 Å². The summed E-state index contributed by atoms with van der Waals surface area (Å²) in [5.41, 5.74) is 2.75. The van der Waals surface area contributed by atoms with Gasteiger partial charge in [-0.25, -0.2) is 0 Å². The lowest BCUT2D eigenvalue weighted by Gasteiger charge is -2.31. The SMILES string of the molecule is CN1CCC[C@@H](Nc2nnc(-c3ccc(C(F)(F)F)c4n[nH]nc34)c3c2C2CCC3C2)C1. The second-order valence-electron chi connectivity index (χ2n) is 9.36. The number of likely N-dealkylation sites (N-methyl/N-ethyl adjacent to an activating group) is 1. The Morgan fingerprint density at radius 3 is 2.59 bits per heavy atom. The number of benzene rings is 1. The van der Waals surface area contributed by atoms with Crippen LogP contribution in [0.25, 0.3) is 22.3 Å². The monoisotopic (exact) mass is 443 g/mol. The smallest absolute Gasteiger partial charge is 0.364 e. The molecule has 0 amide bonds. The van der Waals surface area contributed by atoms with Crippen LogP contribution < -0.4 is 5.32 Å². The number of piperidine rings is 1. The first-order valence-corrected chi connectivity index (χ1v) is 11.2. The van der Waals surface area contributed by atoms with Crippen LogP contribution in [0.5, 0.6) is 0 Å². The Morgan fingerprint density at radius 2 is 1.81 bits per heavy atom. The maximum Gasteiger partial charge on any atom is 0.418 e. The van der Waals surface area contributed by atoms with Crippen LogP contribution in [0.1, 0.15) is 60.6 Å². The number of hydrogen-bond donors (Lipinski definition) is 2. The number of aromatic nitrogens is 5. The summed E-state index contributed by atoms with van der Waals surface area (Å²) in [5.74, 6) is 1.63. The lowest BCUT2D eigenvalue weighted by molar-refractivity contribution is -0.136. The van der Waals surface area contributed by atoms with Crippen molar-refractivity contribution in [2.75, 3.05) is 25.5 Å². The van der Waals surface area contributed by atoms with E-state index in [2.05, 4.69) is 42.9 Å². The van der Waals surface area contributed by atoms with Crippen molar-refractivity contribution in [2.45, 2.75) is 56.2 Å². The highest BCUT2D eigenvalue weighted by Gasteiger charge is 2.43. The van der Waals surface area contributed by atoms with Crippen LogP contribution in [0, 0.1) is 0 Å². The van der Waals surface area contributed by atoms with Crippen molar-refractivity contribution < 1.29 is 13.2 Å². The molecule has 3 heterocycles. The predicted molar refractivity (Wildman–Crippen MR) is 113 cm³/mol. The van der Waals surface area contributed by atoms with E-state index >= 15 is 0 Å². The van der Waals surface area contributed by atoms with Gasteiger partial charge in [0, 0.05) is 23.7 Å². The Bertz CT molecular complexity index is 1190. The maximum atomic E-state index is 13.5. The number of nitrogens with one attached hydrogen (secondary N) is 2. The fourth-order valence-electron chi connectivity index (χ4n) is 5.93. The number of aromatic amines is 1. The van der Waals surface area contributed by atoms with Gasteiger partial charge < -0.3 is 10.2 Å². The van der Waals surface area contributed by atoms with Gasteiger partial charge in [-0.15, -0.1) is 10.2 Å². The molecule has 2 bridgehead atoms. The largest absolute Gasteiger partial charge is 0.418 e. The summed E-state index contributed by atoms with van der Waals surface area (Å²) < 4.78 is 40.4. The number of hydrogen-bond acceptors (Lipinski definition) is 6. The van der Waals surface area contributed by atoms with Gasteiger partial charge in [0.25, 0.3) is 0 Å². The lowest BCUT2D eigenvalue weighted by atomic mass is 9.88. The van der Waals surface area contributed by atoms with E-state index in [-0.39, 0.29) is 11.0 Å². The molecular formula is C22H24F3N7. The number of rotatable bonds is 3. The van der Waals surface area contributed by atoms with Crippen molar-refractivity contribution >= 4 is 16.9 Å². The van der Waals surface area contributed by atoms with Crippen LogP contribution in [-0.2, 0) is 6.18 Å².